The van der Waals surface area contributed by atoms with E-state index in [0.29, 0.717) is 5.92 Å². The average molecular weight is 320 g/mol. The normalized spacial score (nSPS) is 13.7. The third kappa shape index (κ3) is 5.41. The van der Waals surface area contributed by atoms with E-state index in [4.69, 9.17) is 16.3 Å². The van der Waals surface area contributed by atoms with E-state index in [1.54, 1.807) is 0 Å². The van der Waals surface area contributed by atoms with E-state index in [0.717, 1.165) is 23.4 Å². The van der Waals surface area contributed by atoms with Gasteiger partial charge in [0.05, 0.1) is 5.60 Å². The molecule has 0 spiro atoms. The molecule has 0 heterocycles. The first-order chi connectivity index (χ1) is 7.94. The van der Waals surface area contributed by atoms with Gasteiger partial charge in [-0.25, -0.2) is 0 Å². The van der Waals surface area contributed by atoms with E-state index in [2.05, 4.69) is 42.8 Å². The number of halogens is 2. The van der Waals surface area contributed by atoms with E-state index >= 15 is 0 Å². The fourth-order valence-electron chi connectivity index (χ4n) is 1.63. The standard InChI is InChI=1S/C14H20BrClO/c1-14(2,3)17-9-8-11(10-15)12-6-4-5-7-13(12)16/h4-7,11H,8-10H2,1-3H3. The van der Waals surface area contributed by atoms with Crippen LogP contribution in [-0.2, 0) is 4.74 Å². The number of ether oxygens (including phenoxy) is 1. The summed E-state index contributed by atoms with van der Waals surface area (Å²) >= 11 is 9.76. The van der Waals surface area contributed by atoms with Gasteiger partial charge < -0.3 is 4.74 Å². The van der Waals surface area contributed by atoms with Gasteiger partial charge in [0.25, 0.3) is 0 Å². The number of alkyl halides is 1. The highest BCUT2D eigenvalue weighted by atomic mass is 79.9. The Labute approximate surface area is 118 Å². The van der Waals surface area contributed by atoms with Gasteiger partial charge in [-0.1, -0.05) is 45.7 Å². The molecule has 1 nitrogen and oxygen atoms in total. The Morgan fingerprint density at radius 3 is 2.47 bits per heavy atom. The highest BCUT2D eigenvalue weighted by molar-refractivity contribution is 9.09. The van der Waals surface area contributed by atoms with Crippen LogP contribution < -0.4 is 0 Å². The van der Waals surface area contributed by atoms with Crippen molar-refractivity contribution < 1.29 is 4.74 Å². The van der Waals surface area contributed by atoms with Crippen molar-refractivity contribution >= 4 is 27.5 Å². The van der Waals surface area contributed by atoms with Crippen LogP contribution in [0.3, 0.4) is 0 Å². The van der Waals surface area contributed by atoms with Crippen LogP contribution in [0.1, 0.15) is 38.7 Å². The maximum Gasteiger partial charge on any atom is 0.0598 e. The summed E-state index contributed by atoms with van der Waals surface area (Å²) in [5.41, 5.74) is 1.13. The minimum absolute atomic E-state index is 0.0721. The van der Waals surface area contributed by atoms with Crippen molar-refractivity contribution in [1.82, 2.24) is 0 Å². The van der Waals surface area contributed by atoms with Gasteiger partial charge in [0.2, 0.25) is 0 Å². The second-order valence-corrected chi connectivity index (χ2v) is 6.18. The van der Waals surface area contributed by atoms with E-state index in [1.165, 1.54) is 5.56 Å². The molecule has 1 aromatic carbocycles. The molecule has 96 valence electrons. The van der Waals surface area contributed by atoms with Gasteiger partial charge >= 0.3 is 0 Å². The fourth-order valence-corrected chi connectivity index (χ4v) is 2.59. The van der Waals surface area contributed by atoms with Gasteiger partial charge in [-0.15, -0.1) is 0 Å². The van der Waals surface area contributed by atoms with Gasteiger partial charge in [-0.05, 0) is 44.7 Å². The van der Waals surface area contributed by atoms with Crippen molar-refractivity contribution in [2.24, 2.45) is 0 Å². The Morgan fingerprint density at radius 2 is 1.94 bits per heavy atom. The summed E-state index contributed by atoms with van der Waals surface area (Å²) in [6.07, 6.45) is 0.978. The maximum absolute atomic E-state index is 6.20. The van der Waals surface area contributed by atoms with Crippen LogP contribution in [-0.4, -0.2) is 17.5 Å². The van der Waals surface area contributed by atoms with Gasteiger partial charge in [0.1, 0.15) is 0 Å². The van der Waals surface area contributed by atoms with Crippen LogP contribution in [0.4, 0.5) is 0 Å². The quantitative estimate of drug-likeness (QED) is 0.692. The maximum atomic E-state index is 6.20. The summed E-state index contributed by atoms with van der Waals surface area (Å²) < 4.78 is 5.76. The lowest BCUT2D eigenvalue weighted by atomic mass is 9.98. The number of hydrogen-bond acceptors (Lipinski definition) is 1. The van der Waals surface area contributed by atoms with Crippen LogP contribution >= 0.6 is 27.5 Å². The molecular formula is C14H20BrClO. The van der Waals surface area contributed by atoms with Gasteiger partial charge in [0.15, 0.2) is 0 Å². The van der Waals surface area contributed by atoms with Crippen molar-refractivity contribution in [3.63, 3.8) is 0 Å². The van der Waals surface area contributed by atoms with Gasteiger partial charge in [-0.3, -0.25) is 0 Å². The van der Waals surface area contributed by atoms with Crippen LogP contribution in [0.15, 0.2) is 24.3 Å². The highest BCUT2D eigenvalue weighted by Gasteiger charge is 2.15. The number of rotatable bonds is 5. The SMILES string of the molecule is CC(C)(C)OCCC(CBr)c1ccccc1Cl. The molecule has 1 rings (SSSR count). The minimum Gasteiger partial charge on any atom is -0.376 e. The highest BCUT2D eigenvalue weighted by Crippen LogP contribution is 2.28. The van der Waals surface area contributed by atoms with Crippen molar-refractivity contribution in [3.8, 4) is 0 Å². The monoisotopic (exact) mass is 318 g/mol. The Balaban J connectivity index is 2.58. The zero-order valence-electron chi connectivity index (χ0n) is 10.7. The second-order valence-electron chi connectivity index (χ2n) is 5.12. The predicted molar refractivity (Wildman–Crippen MR) is 78.3 cm³/mol. The first-order valence-electron chi connectivity index (χ1n) is 5.88. The van der Waals surface area contributed by atoms with Crippen LogP contribution in [0, 0.1) is 0 Å². The molecule has 0 N–H and O–H groups in total. The Kier molecular flexibility index (Phi) is 5.98. The number of hydrogen-bond donors (Lipinski definition) is 0. The first kappa shape index (κ1) is 15.0. The summed E-state index contributed by atoms with van der Waals surface area (Å²) in [4.78, 5) is 0. The molecule has 3 heteroatoms. The average Bonchev–Trinajstić information content (AvgIpc) is 2.24. The fraction of sp³-hybridized carbons (Fsp3) is 0.571. The summed E-state index contributed by atoms with van der Waals surface area (Å²) in [7, 11) is 0. The lowest BCUT2D eigenvalue weighted by Gasteiger charge is -2.22. The van der Waals surface area contributed by atoms with Crippen LogP contribution in [0.2, 0.25) is 5.02 Å². The third-order valence-electron chi connectivity index (χ3n) is 2.53. The van der Waals surface area contributed by atoms with Gasteiger partial charge in [-0.2, -0.15) is 0 Å². The molecule has 0 saturated heterocycles. The molecule has 17 heavy (non-hydrogen) atoms. The largest absolute Gasteiger partial charge is 0.376 e. The van der Waals surface area contributed by atoms with Crippen LogP contribution in [0.5, 0.6) is 0 Å². The molecule has 1 aromatic rings. The van der Waals surface area contributed by atoms with Crippen LogP contribution in [0.25, 0.3) is 0 Å². The number of benzene rings is 1. The lowest BCUT2D eigenvalue weighted by Crippen LogP contribution is -2.21. The van der Waals surface area contributed by atoms with E-state index in [1.807, 2.05) is 18.2 Å². The molecule has 0 radical (unpaired) electrons. The minimum atomic E-state index is -0.0721. The van der Waals surface area contributed by atoms with E-state index in [9.17, 15) is 0 Å². The smallest absolute Gasteiger partial charge is 0.0598 e. The molecule has 0 bridgehead atoms. The summed E-state index contributed by atoms with van der Waals surface area (Å²) in [6, 6.07) is 8.02. The Hall–Kier alpha value is -0.0500. The molecule has 0 aromatic heterocycles. The molecule has 0 saturated carbocycles. The molecule has 0 aliphatic carbocycles. The molecule has 1 atom stereocenters. The van der Waals surface area contributed by atoms with Gasteiger partial charge in [0, 0.05) is 17.0 Å². The van der Waals surface area contributed by atoms with Crippen molar-refractivity contribution in [3.05, 3.63) is 34.9 Å². The first-order valence-corrected chi connectivity index (χ1v) is 7.38. The summed E-state index contributed by atoms with van der Waals surface area (Å²) in [5.74, 6) is 0.408. The topological polar surface area (TPSA) is 9.23 Å². The van der Waals surface area contributed by atoms with E-state index in [-0.39, 0.29) is 5.60 Å². The second kappa shape index (κ2) is 6.77. The van der Waals surface area contributed by atoms with E-state index < -0.39 is 0 Å². The summed E-state index contributed by atoms with van der Waals surface area (Å²) in [6.45, 7) is 6.98. The third-order valence-corrected chi connectivity index (χ3v) is 3.66. The molecule has 0 fully saturated rings. The Bertz CT molecular complexity index is 346. The van der Waals surface area contributed by atoms with Crippen molar-refractivity contribution in [2.75, 3.05) is 11.9 Å². The summed E-state index contributed by atoms with van der Waals surface area (Å²) in [5, 5.41) is 1.75. The molecule has 0 aliphatic heterocycles. The van der Waals surface area contributed by atoms with Crippen molar-refractivity contribution in [1.29, 1.82) is 0 Å². The molecule has 0 amide bonds. The molecule has 1 unspecified atom stereocenters. The zero-order chi connectivity index (χ0) is 12.9. The van der Waals surface area contributed by atoms with Crippen molar-refractivity contribution in [2.45, 2.75) is 38.7 Å². The molecular weight excluding hydrogens is 300 g/mol. The molecule has 0 aliphatic rings. The zero-order valence-corrected chi connectivity index (χ0v) is 13.0. The lowest BCUT2D eigenvalue weighted by molar-refractivity contribution is -0.00558. The predicted octanol–water partition coefficient (Wildman–Crippen LogP) is 5.02. The Morgan fingerprint density at radius 1 is 1.29 bits per heavy atom.